The molecule has 0 aliphatic carbocycles. The van der Waals surface area contributed by atoms with Gasteiger partial charge in [0.25, 0.3) is 0 Å². The van der Waals surface area contributed by atoms with Gasteiger partial charge in [0.15, 0.2) is 5.28 Å². The van der Waals surface area contributed by atoms with Gasteiger partial charge >= 0.3 is 12.1 Å². The second kappa shape index (κ2) is 7.29. The van der Waals surface area contributed by atoms with Gasteiger partial charge < -0.3 is 19.1 Å². The molecule has 0 fully saturated rings. The van der Waals surface area contributed by atoms with E-state index in [4.69, 9.17) is 9.84 Å². The average Bonchev–Trinajstić information content (AvgIpc) is 2.26. The summed E-state index contributed by atoms with van der Waals surface area (Å²) < 4.78 is 21.0. The van der Waals surface area contributed by atoms with Crippen LogP contribution < -0.4 is 5.32 Å². The third-order valence-corrected chi connectivity index (χ3v) is 4.08. The minimum absolute atomic E-state index is 0.0699. The Morgan fingerprint density at radius 2 is 2.06 bits per heavy atom. The van der Waals surface area contributed by atoms with Gasteiger partial charge in [-0.15, -0.1) is 0 Å². The van der Waals surface area contributed by atoms with Gasteiger partial charge in [-0.1, -0.05) is 0 Å². The fourth-order valence-corrected chi connectivity index (χ4v) is 2.27. The number of carboxylic acids is 1. The molecule has 1 unspecified atom stereocenters. The zero-order valence-electron chi connectivity index (χ0n) is 10.1. The number of carbonyl (C=O) groups excluding carboxylic acids is 1. The smallest absolute Gasteiger partial charge is 0.408 e. The van der Waals surface area contributed by atoms with Crippen LogP contribution in [0.2, 0.25) is 0 Å². The van der Waals surface area contributed by atoms with Crippen molar-refractivity contribution in [3.05, 3.63) is 0 Å². The topological polar surface area (TPSA) is 102 Å². The summed E-state index contributed by atoms with van der Waals surface area (Å²) in [5, 5.41) is 9.46. The lowest BCUT2D eigenvalue weighted by molar-refractivity contribution is -0.141. The van der Waals surface area contributed by atoms with Crippen LogP contribution in [0.4, 0.5) is 4.79 Å². The van der Waals surface area contributed by atoms with Crippen molar-refractivity contribution in [2.45, 2.75) is 18.6 Å². The van der Waals surface area contributed by atoms with E-state index in [0.29, 0.717) is 6.61 Å². The molecule has 8 heteroatoms. The van der Waals surface area contributed by atoms with Crippen molar-refractivity contribution in [3.8, 4) is 0 Å². The number of aliphatic carboxylic acids is 1. The fourth-order valence-electron chi connectivity index (χ4n) is 1.23. The predicted octanol–water partition coefficient (Wildman–Crippen LogP) is 0.739. The summed E-state index contributed by atoms with van der Waals surface area (Å²) in [6.45, 7) is 3.54. The van der Waals surface area contributed by atoms with E-state index in [1.807, 2.05) is 0 Å². The minimum Gasteiger partial charge on any atom is -0.479 e. The highest BCUT2D eigenvalue weighted by Crippen LogP contribution is 2.36. The number of rotatable bonds is 7. The van der Waals surface area contributed by atoms with Crippen LogP contribution in [0.1, 0.15) is 13.3 Å². The van der Waals surface area contributed by atoms with Gasteiger partial charge in [0.1, 0.15) is 7.80 Å². The summed E-state index contributed by atoms with van der Waals surface area (Å²) in [6, 6.07) is 0. The standard InChI is InChI=1S/C9H18NO6P/c1-4-16-6-5-9(7(11)12,17(3)14)10-8(13)15-2/h17H,4-6H2,1-3H3,(H,10,13)(H,11,12)/t9-/m0/s1. The second-order valence-corrected chi connectivity index (χ2v) is 5.30. The van der Waals surface area contributed by atoms with E-state index in [2.05, 4.69) is 10.1 Å². The summed E-state index contributed by atoms with van der Waals surface area (Å²) >= 11 is 0. The first kappa shape index (κ1) is 15.9. The third-order valence-electron chi connectivity index (χ3n) is 2.29. The lowest BCUT2D eigenvalue weighted by Crippen LogP contribution is -2.52. The Kier molecular flexibility index (Phi) is 6.83. The molecule has 100 valence electrons. The molecule has 7 nitrogen and oxygen atoms in total. The summed E-state index contributed by atoms with van der Waals surface area (Å²) in [6.07, 6.45) is -0.997. The molecule has 0 spiro atoms. The average molecular weight is 267 g/mol. The molecular formula is C9H18NO6P. The maximum Gasteiger partial charge on any atom is 0.408 e. The molecular weight excluding hydrogens is 249 g/mol. The Morgan fingerprint density at radius 3 is 2.41 bits per heavy atom. The number of ether oxygens (including phenoxy) is 2. The van der Waals surface area contributed by atoms with E-state index in [9.17, 15) is 14.2 Å². The van der Waals surface area contributed by atoms with E-state index in [-0.39, 0.29) is 13.0 Å². The van der Waals surface area contributed by atoms with Crippen LogP contribution in [0.5, 0.6) is 0 Å². The predicted molar refractivity (Wildman–Crippen MR) is 61.9 cm³/mol. The molecule has 1 amide bonds. The maximum absolute atomic E-state index is 11.6. The molecule has 0 saturated carbocycles. The Bertz CT molecular complexity index is 292. The number of carbonyl (C=O) groups is 2. The number of hydrogen-bond acceptors (Lipinski definition) is 5. The van der Waals surface area contributed by atoms with Crippen LogP contribution in [0.25, 0.3) is 0 Å². The van der Waals surface area contributed by atoms with Crippen molar-refractivity contribution in [2.75, 3.05) is 27.0 Å². The Morgan fingerprint density at radius 1 is 1.47 bits per heavy atom. The lowest BCUT2D eigenvalue weighted by Gasteiger charge is -2.27. The van der Waals surface area contributed by atoms with Crippen LogP contribution in [0, 0.1) is 0 Å². The van der Waals surface area contributed by atoms with Crippen LogP contribution in [0.3, 0.4) is 0 Å². The summed E-state index contributed by atoms with van der Waals surface area (Å²) in [4.78, 5) is 22.3. The SMILES string of the molecule is CCOCC[C@@](NC(=O)OC)(C(=O)O)[PH](C)=O. The number of amides is 1. The third kappa shape index (κ3) is 4.36. The summed E-state index contributed by atoms with van der Waals surface area (Å²) in [5.74, 6) is -1.35. The molecule has 0 rings (SSSR count). The number of nitrogens with one attached hydrogen (secondary N) is 1. The van der Waals surface area contributed by atoms with Crippen molar-refractivity contribution >= 4 is 19.9 Å². The Balaban J connectivity index is 4.93. The first-order valence-electron chi connectivity index (χ1n) is 5.09. The largest absolute Gasteiger partial charge is 0.479 e. The molecule has 2 atom stereocenters. The van der Waals surface area contributed by atoms with Crippen molar-refractivity contribution in [2.24, 2.45) is 0 Å². The first-order valence-corrected chi connectivity index (χ1v) is 6.99. The minimum atomic E-state index is -2.56. The fraction of sp³-hybridized carbons (Fsp3) is 0.778. The van der Waals surface area contributed by atoms with Crippen LogP contribution in [0.15, 0.2) is 0 Å². The normalized spacial score (nSPS) is 15.7. The molecule has 0 aliphatic heterocycles. The van der Waals surface area contributed by atoms with Crippen molar-refractivity contribution < 1.29 is 28.7 Å². The van der Waals surface area contributed by atoms with Gasteiger partial charge in [-0.05, 0) is 13.6 Å². The van der Waals surface area contributed by atoms with Crippen LogP contribution in [-0.2, 0) is 18.8 Å². The molecule has 0 radical (unpaired) electrons. The molecule has 0 saturated heterocycles. The number of alkyl carbamates (subject to hydrolysis) is 1. The van der Waals surface area contributed by atoms with Gasteiger partial charge in [-0.25, -0.2) is 9.59 Å². The van der Waals surface area contributed by atoms with E-state index in [1.165, 1.54) is 6.66 Å². The van der Waals surface area contributed by atoms with Crippen molar-refractivity contribution in [1.82, 2.24) is 5.32 Å². The molecule has 17 heavy (non-hydrogen) atoms. The van der Waals surface area contributed by atoms with Crippen molar-refractivity contribution in [3.63, 3.8) is 0 Å². The molecule has 0 heterocycles. The van der Waals surface area contributed by atoms with Gasteiger partial charge in [-0.2, -0.15) is 0 Å². The summed E-state index contributed by atoms with van der Waals surface area (Å²) in [7, 11) is -1.45. The van der Waals surface area contributed by atoms with Crippen LogP contribution >= 0.6 is 7.80 Å². The molecule has 0 aromatic carbocycles. The van der Waals surface area contributed by atoms with Gasteiger partial charge in [0.2, 0.25) is 0 Å². The van der Waals surface area contributed by atoms with E-state index in [1.54, 1.807) is 6.92 Å². The van der Waals surface area contributed by atoms with Gasteiger partial charge in [0.05, 0.1) is 7.11 Å². The zero-order chi connectivity index (χ0) is 13.5. The summed E-state index contributed by atoms with van der Waals surface area (Å²) in [5.41, 5.74) is 0. The van der Waals surface area contributed by atoms with E-state index < -0.39 is 25.1 Å². The van der Waals surface area contributed by atoms with Gasteiger partial charge in [-0.3, -0.25) is 5.32 Å². The van der Waals surface area contributed by atoms with Gasteiger partial charge in [0, 0.05) is 19.6 Å². The monoisotopic (exact) mass is 267 g/mol. The second-order valence-electron chi connectivity index (χ2n) is 3.33. The first-order chi connectivity index (χ1) is 7.90. The lowest BCUT2D eigenvalue weighted by atomic mass is 10.2. The molecule has 2 N–H and O–H groups in total. The number of methoxy groups -OCH3 is 1. The molecule has 0 aliphatic rings. The quantitative estimate of drug-likeness (QED) is 0.521. The Labute approximate surface area is 100 Å². The van der Waals surface area contributed by atoms with Crippen molar-refractivity contribution in [1.29, 1.82) is 0 Å². The molecule has 0 aromatic heterocycles. The molecule has 0 aromatic rings. The highest BCUT2D eigenvalue weighted by molar-refractivity contribution is 7.47. The van der Waals surface area contributed by atoms with E-state index >= 15 is 0 Å². The zero-order valence-corrected chi connectivity index (χ0v) is 11.1. The highest BCUT2D eigenvalue weighted by atomic mass is 31.1. The molecule has 0 bridgehead atoms. The highest BCUT2D eigenvalue weighted by Gasteiger charge is 2.44. The number of carboxylic acid groups (broad SMARTS) is 1. The maximum atomic E-state index is 11.6. The van der Waals surface area contributed by atoms with E-state index in [0.717, 1.165) is 7.11 Å². The number of hydrogen-bond donors (Lipinski definition) is 2. The Hall–Kier alpha value is -1.07. The van der Waals surface area contributed by atoms with Crippen LogP contribution in [-0.4, -0.2) is 49.4 Å².